The summed E-state index contributed by atoms with van der Waals surface area (Å²) in [5.41, 5.74) is 2.00. The summed E-state index contributed by atoms with van der Waals surface area (Å²) < 4.78 is 4.36. The van der Waals surface area contributed by atoms with Crippen LogP contribution in [-0.4, -0.2) is 43.0 Å². The standard InChI is InChI=1S/C22H25N5O/c28-22(20-6-3-12-27(20)19-7-8-19)26-11-2-5-18(16-26)21-24-10-13-25(21)15-17-4-1-9-23-14-17/h1,3-4,6,9-10,12-14,18-19H,2,5,7-8,11,15-16H2/t18-/m0/s1. The molecule has 1 saturated heterocycles. The van der Waals surface area contributed by atoms with Crippen molar-refractivity contribution in [1.29, 1.82) is 0 Å². The molecule has 144 valence electrons. The molecule has 1 aliphatic carbocycles. The first kappa shape index (κ1) is 17.2. The van der Waals surface area contributed by atoms with Gasteiger partial charge in [-0.25, -0.2) is 4.98 Å². The van der Waals surface area contributed by atoms with E-state index in [1.165, 1.54) is 12.8 Å². The number of carbonyl (C=O) groups is 1. The predicted molar refractivity (Wildman–Crippen MR) is 106 cm³/mol. The summed E-state index contributed by atoms with van der Waals surface area (Å²) in [6.07, 6.45) is 14.1. The minimum Gasteiger partial charge on any atom is -0.340 e. The number of aromatic nitrogens is 4. The fourth-order valence-corrected chi connectivity index (χ4v) is 4.28. The highest BCUT2D eigenvalue weighted by molar-refractivity contribution is 5.93. The second-order valence-corrected chi connectivity index (χ2v) is 7.90. The molecule has 0 unspecified atom stereocenters. The van der Waals surface area contributed by atoms with Crippen LogP contribution in [-0.2, 0) is 6.54 Å². The zero-order valence-corrected chi connectivity index (χ0v) is 15.9. The zero-order chi connectivity index (χ0) is 18.9. The molecular formula is C22H25N5O. The summed E-state index contributed by atoms with van der Waals surface area (Å²) in [7, 11) is 0. The molecule has 4 heterocycles. The maximum atomic E-state index is 13.2. The number of amides is 1. The van der Waals surface area contributed by atoms with Crippen molar-refractivity contribution in [3.63, 3.8) is 0 Å². The molecule has 0 radical (unpaired) electrons. The number of likely N-dealkylation sites (tertiary alicyclic amines) is 1. The van der Waals surface area contributed by atoms with Gasteiger partial charge in [-0.3, -0.25) is 9.78 Å². The fourth-order valence-electron chi connectivity index (χ4n) is 4.28. The Bertz CT molecular complexity index is 956. The van der Waals surface area contributed by atoms with Gasteiger partial charge in [0.05, 0.1) is 6.54 Å². The number of rotatable bonds is 5. The Morgan fingerprint density at radius 3 is 2.86 bits per heavy atom. The number of nitrogens with zero attached hydrogens (tertiary/aromatic N) is 5. The maximum Gasteiger partial charge on any atom is 0.270 e. The Hall–Kier alpha value is -2.89. The highest BCUT2D eigenvalue weighted by Crippen LogP contribution is 2.36. The molecule has 1 saturated carbocycles. The Labute approximate surface area is 164 Å². The summed E-state index contributed by atoms with van der Waals surface area (Å²) in [5, 5.41) is 0. The van der Waals surface area contributed by atoms with Crippen LogP contribution in [0.1, 0.15) is 59.5 Å². The molecule has 3 aromatic heterocycles. The van der Waals surface area contributed by atoms with Crippen LogP contribution < -0.4 is 0 Å². The molecule has 2 aliphatic rings. The fraction of sp³-hybridized carbons (Fsp3) is 0.409. The van der Waals surface area contributed by atoms with E-state index in [-0.39, 0.29) is 11.8 Å². The van der Waals surface area contributed by atoms with Crippen molar-refractivity contribution in [2.45, 2.75) is 44.2 Å². The van der Waals surface area contributed by atoms with Gasteiger partial charge in [-0.2, -0.15) is 0 Å². The Morgan fingerprint density at radius 2 is 2.04 bits per heavy atom. The summed E-state index contributed by atoms with van der Waals surface area (Å²) in [4.78, 5) is 24.1. The van der Waals surface area contributed by atoms with Crippen LogP contribution in [0.5, 0.6) is 0 Å². The molecular weight excluding hydrogens is 350 g/mol. The second-order valence-electron chi connectivity index (χ2n) is 7.90. The van der Waals surface area contributed by atoms with Crippen molar-refractivity contribution in [3.8, 4) is 0 Å². The first-order chi connectivity index (χ1) is 13.8. The van der Waals surface area contributed by atoms with Crippen molar-refractivity contribution < 1.29 is 4.79 Å². The second kappa shape index (κ2) is 7.26. The van der Waals surface area contributed by atoms with Crippen LogP contribution in [0.3, 0.4) is 0 Å². The molecule has 3 aromatic rings. The van der Waals surface area contributed by atoms with Crippen LogP contribution in [0.15, 0.2) is 55.2 Å². The van der Waals surface area contributed by atoms with E-state index in [1.807, 2.05) is 47.9 Å². The van der Waals surface area contributed by atoms with Crippen LogP contribution in [0.25, 0.3) is 0 Å². The average Bonchev–Trinajstić information content (AvgIpc) is 3.28. The third-order valence-corrected chi connectivity index (χ3v) is 5.84. The van der Waals surface area contributed by atoms with E-state index in [2.05, 4.69) is 25.2 Å². The normalized spacial score (nSPS) is 19.7. The van der Waals surface area contributed by atoms with Crippen molar-refractivity contribution in [1.82, 2.24) is 24.0 Å². The molecule has 6 nitrogen and oxygen atoms in total. The molecule has 1 aliphatic heterocycles. The van der Waals surface area contributed by atoms with Gasteiger partial charge in [0.2, 0.25) is 0 Å². The molecule has 28 heavy (non-hydrogen) atoms. The van der Waals surface area contributed by atoms with Crippen LogP contribution in [0.2, 0.25) is 0 Å². The minimum absolute atomic E-state index is 0.159. The quantitative estimate of drug-likeness (QED) is 0.686. The topological polar surface area (TPSA) is 56.0 Å². The number of imidazole rings is 1. The lowest BCUT2D eigenvalue weighted by Gasteiger charge is -2.33. The molecule has 2 fully saturated rings. The van der Waals surface area contributed by atoms with Crippen LogP contribution >= 0.6 is 0 Å². The number of carbonyl (C=O) groups excluding carboxylic acids is 1. The van der Waals surface area contributed by atoms with Gasteiger partial charge in [0.25, 0.3) is 5.91 Å². The maximum absolute atomic E-state index is 13.2. The first-order valence-electron chi connectivity index (χ1n) is 10.2. The molecule has 1 amide bonds. The monoisotopic (exact) mass is 375 g/mol. The number of hydrogen-bond acceptors (Lipinski definition) is 3. The Kier molecular flexibility index (Phi) is 4.47. The van der Waals surface area contributed by atoms with Gasteiger partial charge in [-0.15, -0.1) is 0 Å². The van der Waals surface area contributed by atoms with Gasteiger partial charge in [-0.1, -0.05) is 6.07 Å². The lowest BCUT2D eigenvalue weighted by atomic mass is 9.96. The molecule has 6 heteroatoms. The van der Waals surface area contributed by atoms with Gasteiger partial charge in [0, 0.05) is 56.0 Å². The van der Waals surface area contributed by atoms with E-state index in [4.69, 9.17) is 0 Å². The Morgan fingerprint density at radius 1 is 1.11 bits per heavy atom. The number of pyridine rings is 1. The highest BCUT2D eigenvalue weighted by atomic mass is 16.2. The SMILES string of the molecule is O=C(c1cccn1C1CC1)N1CCC[C@H](c2nccn2Cc2cccnc2)C1. The van der Waals surface area contributed by atoms with Crippen LogP contribution in [0.4, 0.5) is 0 Å². The van der Waals surface area contributed by atoms with Crippen molar-refractivity contribution in [2.24, 2.45) is 0 Å². The largest absolute Gasteiger partial charge is 0.340 e. The third kappa shape index (κ3) is 3.35. The predicted octanol–water partition coefficient (Wildman–Crippen LogP) is 3.48. The van der Waals surface area contributed by atoms with Crippen molar-refractivity contribution in [2.75, 3.05) is 13.1 Å². The van der Waals surface area contributed by atoms with Gasteiger partial charge < -0.3 is 14.0 Å². The van der Waals surface area contributed by atoms with Gasteiger partial charge in [0.1, 0.15) is 11.5 Å². The summed E-state index contributed by atoms with van der Waals surface area (Å²) in [5.74, 6) is 1.50. The molecule has 1 atom stereocenters. The van der Waals surface area contributed by atoms with Gasteiger partial charge >= 0.3 is 0 Å². The van der Waals surface area contributed by atoms with E-state index in [9.17, 15) is 4.79 Å². The van der Waals surface area contributed by atoms with Crippen molar-refractivity contribution >= 4 is 5.91 Å². The average molecular weight is 375 g/mol. The number of hydrogen-bond donors (Lipinski definition) is 0. The zero-order valence-electron chi connectivity index (χ0n) is 15.9. The van der Waals surface area contributed by atoms with Gasteiger partial charge in [-0.05, 0) is 49.4 Å². The van der Waals surface area contributed by atoms with E-state index in [1.54, 1.807) is 6.20 Å². The molecule has 5 rings (SSSR count). The Balaban J connectivity index is 1.33. The first-order valence-corrected chi connectivity index (χ1v) is 10.2. The molecule has 0 aromatic carbocycles. The lowest BCUT2D eigenvalue weighted by Crippen LogP contribution is -2.40. The smallest absolute Gasteiger partial charge is 0.270 e. The lowest BCUT2D eigenvalue weighted by molar-refractivity contribution is 0.0692. The molecule has 0 N–H and O–H groups in total. The minimum atomic E-state index is 0.159. The highest BCUT2D eigenvalue weighted by Gasteiger charge is 2.32. The van der Waals surface area contributed by atoms with E-state index < -0.39 is 0 Å². The van der Waals surface area contributed by atoms with Crippen molar-refractivity contribution in [3.05, 3.63) is 72.3 Å². The molecule has 0 spiro atoms. The third-order valence-electron chi connectivity index (χ3n) is 5.84. The van der Waals surface area contributed by atoms with Crippen LogP contribution in [0, 0.1) is 0 Å². The van der Waals surface area contributed by atoms with Gasteiger partial charge in [0.15, 0.2) is 0 Å². The number of piperidine rings is 1. The molecule has 0 bridgehead atoms. The summed E-state index contributed by atoms with van der Waals surface area (Å²) in [6.45, 7) is 2.32. The summed E-state index contributed by atoms with van der Waals surface area (Å²) in [6, 6.07) is 8.52. The van der Waals surface area contributed by atoms with E-state index >= 15 is 0 Å². The summed E-state index contributed by atoms with van der Waals surface area (Å²) >= 11 is 0. The van der Waals surface area contributed by atoms with E-state index in [0.29, 0.717) is 6.04 Å². The van der Waals surface area contributed by atoms with E-state index in [0.717, 1.165) is 49.6 Å².